The van der Waals surface area contributed by atoms with E-state index in [1.807, 2.05) is 6.92 Å². The van der Waals surface area contributed by atoms with Crippen molar-refractivity contribution in [3.8, 4) is 0 Å². The Kier molecular flexibility index (Phi) is 6.25. The first-order chi connectivity index (χ1) is 7.83. The summed E-state index contributed by atoms with van der Waals surface area (Å²) in [4.78, 5) is 18.4. The third-order valence-corrected chi connectivity index (χ3v) is 2.14. The minimum absolute atomic E-state index is 0.0752. The molecular weight excluding hydrogens is 206 g/mol. The molecule has 0 aliphatic heterocycles. The molecule has 0 spiro atoms. The molecule has 0 unspecified atom stereocenters. The smallest absolute Gasteiger partial charge is 0.220 e. The lowest BCUT2D eigenvalue weighted by Gasteiger charge is -2.04. The lowest BCUT2D eigenvalue weighted by molar-refractivity contribution is -0.121. The zero-order chi connectivity index (χ0) is 11.6. The minimum Gasteiger partial charge on any atom is -0.382 e. The molecule has 1 amide bonds. The summed E-state index contributed by atoms with van der Waals surface area (Å²) < 4.78 is 5.15. The molecular formula is C11H19N3O2. The van der Waals surface area contributed by atoms with Crippen LogP contribution in [0.25, 0.3) is 0 Å². The highest BCUT2D eigenvalue weighted by molar-refractivity contribution is 5.75. The number of carbonyl (C=O) groups is 1. The van der Waals surface area contributed by atoms with Crippen molar-refractivity contribution in [1.82, 2.24) is 15.3 Å². The molecule has 2 N–H and O–H groups in total. The summed E-state index contributed by atoms with van der Waals surface area (Å²) >= 11 is 0. The van der Waals surface area contributed by atoms with E-state index in [0.29, 0.717) is 26.2 Å². The maximum Gasteiger partial charge on any atom is 0.220 e. The number of aromatic nitrogens is 2. The second-order valence-corrected chi connectivity index (χ2v) is 3.44. The quantitative estimate of drug-likeness (QED) is 0.645. The third-order valence-electron chi connectivity index (χ3n) is 2.14. The number of aromatic amines is 1. The summed E-state index contributed by atoms with van der Waals surface area (Å²) in [5.41, 5.74) is 0. The molecule has 0 aliphatic carbocycles. The van der Waals surface area contributed by atoms with Crippen LogP contribution in [0.15, 0.2) is 12.4 Å². The topological polar surface area (TPSA) is 67.0 Å². The van der Waals surface area contributed by atoms with Gasteiger partial charge in [-0.3, -0.25) is 4.79 Å². The van der Waals surface area contributed by atoms with Crippen molar-refractivity contribution in [2.45, 2.75) is 26.2 Å². The van der Waals surface area contributed by atoms with Gasteiger partial charge in [0.25, 0.3) is 0 Å². The lowest BCUT2D eigenvalue weighted by Crippen LogP contribution is -2.25. The Labute approximate surface area is 95.6 Å². The Balaban J connectivity index is 1.98. The number of amides is 1. The molecule has 0 aromatic carbocycles. The monoisotopic (exact) mass is 225 g/mol. The van der Waals surface area contributed by atoms with Crippen LogP contribution in [-0.2, 0) is 16.0 Å². The van der Waals surface area contributed by atoms with Gasteiger partial charge in [0, 0.05) is 45.0 Å². The van der Waals surface area contributed by atoms with Crippen molar-refractivity contribution in [2.75, 3.05) is 19.8 Å². The molecule has 5 heteroatoms. The Bertz CT molecular complexity index is 285. The second kappa shape index (κ2) is 7.87. The first-order valence-electron chi connectivity index (χ1n) is 5.65. The number of hydrogen-bond donors (Lipinski definition) is 2. The Morgan fingerprint density at radius 2 is 2.50 bits per heavy atom. The van der Waals surface area contributed by atoms with E-state index >= 15 is 0 Å². The van der Waals surface area contributed by atoms with Crippen molar-refractivity contribution in [3.05, 3.63) is 18.2 Å². The predicted molar refractivity (Wildman–Crippen MR) is 61.0 cm³/mol. The Morgan fingerprint density at radius 3 is 3.19 bits per heavy atom. The normalized spacial score (nSPS) is 10.3. The molecule has 0 radical (unpaired) electrons. The second-order valence-electron chi connectivity index (χ2n) is 3.44. The van der Waals surface area contributed by atoms with Crippen molar-refractivity contribution < 1.29 is 9.53 Å². The van der Waals surface area contributed by atoms with Gasteiger partial charge in [-0.1, -0.05) is 0 Å². The van der Waals surface area contributed by atoms with Crippen LogP contribution in [0.5, 0.6) is 0 Å². The van der Waals surface area contributed by atoms with Gasteiger partial charge in [0.2, 0.25) is 5.91 Å². The van der Waals surface area contributed by atoms with E-state index in [-0.39, 0.29) is 5.91 Å². The number of nitrogens with zero attached hydrogens (tertiary/aromatic N) is 1. The zero-order valence-electron chi connectivity index (χ0n) is 9.66. The van der Waals surface area contributed by atoms with E-state index in [0.717, 1.165) is 18.7 Å². The minimum atomic E-state index is 0.0752. The van der Waals surface area contributed by atoms with Crippen LogP contribution in [0, 0.1) is 0 Å². The van der Waals surface area contributed by atoms with E-state index in [1.165, 1.54) is 0 Å². The summed E-state index contributed by atoms with van der Waals surface area (Å²) in [6.45, 7) is 3.94. The molecule has 1 aromatic heterocycles. The van der Waals surface area contributed by atoms with Crippen molar-refractivity contribution >= 4 is 5.91 Å². The van der Waals surface area contributed by atoms with Crippen molar-refractivity contribution in [3.63, 3.8) is 0 Å². The fourth-order valence-electron chi connectivity index (χ4n) is 1.32. The van der Waals surface area contributed by atoms with E-state index in [2.05, 4.69) is 15.3 Å². The number of rotatable bonds is 8. The van der Waals surface area contributed by atoms with Crippen LogP contribution in [0.3, 0.4) is 0 Å². The van der Waals surface area contributed by atoms with Gasteiger partial charge in [-0.2, -0.15) is 0 Å². The summed E-state index contributed by atoms with van der Waals surface area (Å²) in [6, 6.07) is 0. The first kappa shape index (κ1) is 12.7. The van der Waals surface area contributed by atoms with E-state index in [4.69, 9.17) is 4.74 Å². The molecule has 5 nitrogen and oxygen atoms in total. The Hall–Kier alpha value is -1.36. The molecule has 0 fully saturated rings. The summed E-state index contributed by atoms with van der Waals surface area (Å²) in [5.74, 6) is 0.973. The van der Waals surface area contributed by atoms with Crippen LogP contribution in [-0.4, -0.2) is 35.6 Å². The SMILES string of the molecule is CCOCCCC(=O)NCCc1ncc[nH]1. The lowest BCUT2D eigenvalue weighted by atomic mass is 10.3. The highest BCUT2D eigenvalue weighted by atomic mass is 16.5. The van der Waals surface area contributed by atoms with Gasteiger partial charge in [0.1, 0.15) is 5.82 Å². The van der Waals surface area contributed by atoms with Crippen LogP contribution in [0.2, 0.25) is 0 Å². The fourth-order valence-corrected chi connectivity index (χ4v) is 1.32. The highest BCUT2D eigenvalue weighted by Crippen LogP contribution is 1.92. The molecule has 0 bridgehead atoms. The van der Waals surface area contributed by atoms with Gasteiger partial charge in [-0.05, 0) is 13.3 Å². The van der Waals surface area contributed by atoms with Crippen LogP contribution >= 0.6 is 0 Å². The summed E-state index contributed by atoms with van der Waals surface area (Å²) in [5, 5.41) is 2.84. The average molecular weight is 225 g/mol. The fraction of sp³-hybridized carbons (Fsp3) is 0.636. The van der Waals surface area contributed by atoms with Crippen molar-refractivity contribution in [1.29, 1.82) is 0 Å². The number of carbonyl (C=O) groups excluding carboxylic acids is 1. The summed E-state index contributed by atoms with van der Waals surface area (Å²) in [6.07, 6.45) is 5.53. The largest absolute Gasteiger partial charge is 0.382 e. The van der Waals surface area contributed by atoms with Gasteiger partial charge >= 0.3 is 0 Å². The number of hydrogen-bond acceptors (Lipinski definition) is 3. The number of ether oxygens (including phenoxy) is 1. The molecule has 0 saturated carbocycles. The van der Waals surface area contributed by atoms with Crippen LogP contribution in [0.4, 0.5) is 0 Å². The molecule has 0 atom stereocenters. The molecule has 0 aliphatic rings. The predicted octanol–water partition coefficient (Wildman–Crippen LogP) is 0.885. The van der Waals surface area contributed by atoms with Gasteiger partial charge in [-0.25, -0.2) is 4.98 Å². The third kappa shape index (κ3) is 5.50. The van der Waals surface area contributed by atoms with E-state index in [1.54, 1.807) is 12.4 Å². The first-order valence-corrected chi connectivity index (χ1v) is 5.65. The Morgan fingerprint density at radius 1 is 1.62 bits per heavy atom. The molecule has 90 valence electrons. The van der Waals surface area contributed by atoms with Crippen molar-refractivity contribution in [2.24, 2.45) is 0 Å². The van der Waals surface area contributed by atoms with E-state index in [9.17, 15) is 4.79 Å². The molecule has 1 aromatic rings. The maximum atomic E-state index is 11.3. The number of H-pyrrole nitrogens is 1. The van der Waals surface area contributed by atoms with Gasteiger partial charge in [-0.15, -0.1) is 0 Å². The zero-order valence-corrected chi connectivity index (χ0v) is 9.66. The highest BCUT2D eigenvalue weighted by Gasteiger charge is 2.01. The van der Waals surface area contributed by atoms with Crippen LogP contribution in [0.1, 0.15) is 25.6 Å². The van der Waals surface area contributed by atoms with E-state index < -0.39 is 0 Å². The molecule has 0 saturated heterocycles. The molecule has 1 rings (SSSR count). The van der Waals surface area contributed by atoms with Gasteiger partial charge in [0.15, 0.2) is 0 Å². The van der Waals surface area contributed by atoms with Crippen LogP contribution < -0.4 is 5.32 Å². The maximum absolute atomic E-state index is 11.3. The molecule has 1 heterocycles. The van der Waals surface area contributed by atoms with Gasteiger partial charge in [0.05, 0.1) is 0 Å². The molecule has 16 heavy (non-hydrogen) atoms. The standard InChI is InChI=1S/C11H19N3O2/c1-2-16-9-3-4-11(15)14-6-5-10-12-7-8-13-10/h7-8H,2-6,9H2,1H3,(H,12,13)(H,14,15). The number of nitrogens with one attached hydrogen (secondary N) is 2. The average Bonchev–Trinajstić information content (AvgIpc) is 2.77. The summed E-state index contributed by atoms with van der Waals surface area (Å²) in [7, 11) is 0. The van der Waals surface area contributed by atoms with Gasteiger partial charge < -0.3 is 15.0 Å². The number of imidazole rings is 1.